The maximum atomic E-state index is 9.39. The van der Waals surface area contributed by atoms with E-state index in [1.54, 1.807) is 0 Å². The highest BCUT2D eigenvalue weighted by atomic mass is 35.5. The SMILES string of the molecule is Cl.Nc1cc(O)c(N)c2ccccc12. The minimum absolute atomic E-state index is 0. The first kappa shape index (κ1) is 10.5. The van der Waals surface area contributed by atoms with E-state index in [0.29, 0.717) is 11.4 Å². The lowest BCUT2D eigenvalue weighted by molar-refractivity contribution is 0.479. The van der Waals surface area contributed by atoms with Gasteiger partial charge in [0.1, 0.15) is 5.75 Å². The lowest BCUT2D eigenvalue weighted by atomic mass is 10.1. The van der Waals surface area contributed by atoms with Crippen LogP contribution < -0.4 is 11.5 Å². The van der Waals surface area contributed by atoms with Gasteiger partial charge in [0.05, 0.1) is 5.69 Å². The molecule has 2 aromatic rings. The molecule has 4 heteroatoms. The summed E-state index contributed by atoms with van der Waals surface area (Å²) in [4.78, 5) is 0. The third-order valence-electron chi connectivity index (χ3n) is 2.10. The van der Waals surface area contributed by atoms with Crippen molar-refractivity contribution >= 4 is 34.6 Å². The van der Waals surface area contributed by atoms with E-state index in [1.807, 2.05) is 24.3 Å². The fourth-order valence-corrected chi connectivity index (χ4v) is 1.41. The van der Waals surface area contributed by atoms with Crippen LogP contribution in [0.1, 0.15) is 0 Å². The van der Waals surface area contributed by atoms with Gasteiger partial charge in [-0.05, 0) is 0 Å². The van der Waals surface area contributed by atoms with Crippen molar-refractivity contribution in [1.82, 2.24) is 0 Å². The second-order valence-electron chi connectivity index (χ2n) is 2.94. The van der Waals surface area contributed by atoms with E-state index in [-0.39, 0.29) is 18.2 Å². The zero-order valence-electron chi connectivity index (χ0n) is 7.40. The minimum Gasteiger partial charge on any atom is -0.506 e. The highest BCUT2D eigenvalue weighted by Gasteiger charge is 2.05. The number of halogens is 1. The van der Waals surface area contributed by atoms with E-state index in [1.165, 1.54) is 6.07 Å². The Morgan fingerprint density at radius 3 is 2.21 bits per heavy atom. The van der Waals surface area contributed by atoms with Crippen molar-refractivity contribution in [2.75, 3.05) is 11.5 Å². The number of fused-ring (bicyclic) bond motifs is 1. The first-order chi connectivity index (χ1) is 6.20. The molecule has 0 bridgehead atoms. The van der Waals surface area contributed by atoms with Gasteiger partial charge in [-0.3, -0.25) is 0 Å². The van der Waals surface area contributed by atoms with Crippen molar-refractivity contribution in [3.63, 3.8) is 0 Å². The van der Waals surface area contributed by atoms with Crippen LogP contribution in [0.2, 0.25) is 0 Å². The number of phenolic OH excluding ortho intramolecular Hbond substituents is 1. The molecule has 0 fully saturated rings. The van der Waals surface area contributed by atoms with Gasteiger partial charge in [0.15, 0.2) is 0 Å². The molecule has 0 aliphatic carbocycles. The van der Waals surface area contributed by atoms with Crippen LogP contribution in [-0.4, -0.2) is 5.11 Å². The molecule has 14 heavy (non-hydrogen) atoms. The summed E-state index contributed by atoms with van der Waals surface area (Å²) in [6, 6.07) is 8.92. The molecule has 0 heterocycles. The molecule has 0 spiro atoms. The molecule has 3 nitrogen and oxygen atoms in total. The third-order valence-corrected chi connectivity index (χ3v) is 2.10. The fourth-order valence-electron chi connectivity index (χ4n) is 1.41. The highest BCUT2D eigenvalue weighted by molar-refractivity contribution is 6.02. The van der Waals surface area contributed by atoms with Crippen LogP contribution in [0.15, 0.2) is 30.3 Å². The van der Waals surface area contributed by atoms with Crippen LogP contribution in [0, 0.1) is 0 Å². The number of nitrogen functional groups attached to an aromatic ring is 2. The molecule has 0 unspecified atom stereocenters. The lowest BCUT2D eigenvalue weighted by Gasteiger charge is -2.06. The summed E-state index contributed by atoms with van der Waals surface area (Å²) in [5, 5.41) is 11.1. The van der Waals surface area contributed by atoms with Crippen molar-refractivity contribution in [2.24, 2.45) is 0 Å². The molecule has 74 valence electrons. The van der Waals surface area contributed by atoms with E-state index < -0.39 is 0 Å². The summed E-state index contributed by atoms with van der Waals surface area (Å²) < 4.78 is 0. The number of hydrogen-bond acceptors (Lipinski definition) is 3. The van der Waals surface area contributed by atoms with E-state index in [0.717, 1.165) is 10.8 Å². The summed E-state index contributed by atoms with van der Waals surface area (Å²) in [5.41, 5.74) is 12.3. The number of aromatic hydroxyl groups is 1. The molecule has 0 aromatic heterocycles. The Hall–Kier alpha value is -1.61. The van der Waals surface area contributed by atoms with Gasteiger partial charge in [-0.15, -0.1) is 12.4 Å². The Morgan fingerprint density at radius 1 is 1.00 bits per heavy atom. The first-order valence-corrected chi connectivity index (χ1v) is 3.96. The Kier molecular flexibility index (Phi) is 2.72. The molecular weight excluding hydrogens is 200 g/mol. The summed E-state index contributed by atoms with van der Waals surface area (Å²) >= 11 is 0. The Bertz CT molecular complexity index is 471. The molecule has 0 radical (unpaired) electrons. The fraction of sp³-hybridized carbons (Fsp3) is 0. The number of anilines is 2. The summed E-state index contributed by atoms with van der Waals surface area (Å²) in [6.07, 6.45) is 0. The Morgan fingerprint density at radius 2 is 1.57 bits per heavy atom. The maximum absolute atomic E-state index is 9.39. The lowest BCUT2D eigenvalue weighted by Crippen LogP contribution is -1.92. The van der Waals surface area contributed by atoms with Crippen molar-refractivity contribution in [3.05, 3.63) is 30.3 Å². The second kappa shape index (κ2) is 3.64. The van der Waals surface area contributed by atoms with Gasteiger partial charge in [0.2, 0.25) is 0 Å². The molecule has 0 amide bonds. The number of benzene rings is 2. The molecular formula is C10H11ClN2O. The van der Waals surface area contributed by atoms with E-state index in [9.17, 15) is 5.11 Å². The average Bonchev–Trinajstić information content (AvgIpc) is 2.15. The van der Waals surface area contributed by atoms with Crippen molar-refractivity contribution in [2.45, 2.75) is 0 Å². The van der Waals surface area contributed by atoms with Crippen molar-refractivity contribution in [1.29, 1.82) is 0 Å². The van der Waals surface area contributed by atoms with Crippen LogP contribution in [0.3, 0.4) is 0 Å². The second-order valence-corrected chi connectivity index (χ2v) is 2.94. The molecule has 0 saturated carbocycles. The number of hydrogen-bond donors (Lipinski definition) is 3. The smallest absolute Gasteiger partial charge is 0.141 e. The van der Waals surface area contributed by atoms with Crippen molar-refractivity contribution < 1.29 is 5.11 Å². The molecule has 5 N–H and O–H groups in total. The number of phenols is 1. The third kappa shape index (κ3) is 1.42. The molecule has 0 aliphatic heterocycles. The maximum Gasteiger partial charge on any atom is 0.141 e. The van der Waals surface area contributed by atoms with Crippen LogP contribution in [-0.2, 0) is 0 Å². The molecule has 0 saturated heterocycles. The largest absolute Gasteiger partial charge is 0.506 e. The highest BCUT2D eigenvalue weighted by Crippen LogP contribution is 2.33. The summed E-state index contributed by atoms with van der Waals surface area (Å²) in [6.45, 7) is 0. The van der Waals surface area contributed by atoms with Gasteiger partial charge < -0.3 is 16.6 Å². The van der Waals surface area contributed by atoms with Crippen LogP contribution >= 0.6 is 12.4 Å². The summed E-state index contributed by atoms with van der Waals surface area (Å²) in [5.74, 6) is 0.0381. The standard InChI is InChI=1S/C10H10N2O.ClH/c11-8-5-9(13)10(12)7-4-2-1-3-6(7)8;/h1-5,13H,11-12H2;1H. The predicted molar refractivity (Wildman–Crippen MR) is 61.7 cm³/mol. The molecule has 0 atom stereocenters. The van der Waals surface area contributed by atoms with Gasteiger partial charge in [0.25, 0.3) is 0 Å². The van der Waals surface area contributed by atoms with Gasteiger partial charge >= 0.3 is 0 Å². The van der Waals surface area contributed by atoms with Gasteiger partial charge in [-0.2, -0.15) is 0 Å². The first-order valence-electron chi connectivity index (χ1n) is 3.96. The zero-order valence-corrected chi connectivity index (χ0v) is 8.21. The quantitative estimate of drug-likeness (QED) is 0.461. The normalized spacial score (nSPS) is 9.71. The van der Waals surface area contributed by atoms with E-state index in [2.05, 4.69) is 0 Å². The van der Waals surface area contributed by atoms with Crippen LogP contribution in [0.4, 0.5) is 11.4 Å². The van der Waals surface area contributed by atoms with Crippen LogP contribution in [0.5, 0.6) is 5.75 Å². The van der Waals surface area contributed by atoms with Gasteiger partial charge in [0, 0.05) is 22.5 Å². The molecule has 0 aliphatic rings. The van der Waals surface area contributed by atoms with E-state index in [4.69, 9.17) is 11.5 Å². The van der Waals surface area contributed by atoms with Gasteiger partial charge in [-0.1, -0.05) is 24.3 Å². The Labute approximate surface area is 87.7 Å². The number of nitrogens with two attached hydrogens (primary N) is 2. The zero-order chi connectivity index (χ0) is 9.42. The van der Waals surface area contributed by atoms with Crippen LogP contribution in [0.25, 0.3) is 10.8 Å². The summed E-state index contributed by atoms with van der Waals surface area (Å²) in [7, 11) is 0. The minimum atomic E-state index is 0. The van der Waals surface area contributed by atoms with Gasteiger partial charge in [-0.25, -0.2) is 0 Å². The monoisotopic (exact) mass is 210 g/mol. The predicted octanol–water partition coefficient (Wildman–Crippen LogP) is 2.13. The average molecular weight is 211 g/mol. The number of rotatable bonds is 0. The molecule has 2 aromatic carbocycles. The van der Waals surface area contributed by atoms with Crippen molar-refractivity contribution in [3.8, 4) is 5.75 Å². The topological polar surface area (TPSA) is 72.3 Å². The van der Waals surface area contributed by atoms with E-state index >= 15 is 0 Å². The molecule has 2 rings (SSSR count). The Balaban J connectivity index is 0.000000980.